The maximum Gasteiger partial charge on any atom is 0.211 e. The van der Waals surface area contributed by atoms with E-state index in [0.717, 1.165) is 4.90 Å². The molecule has 1 aromatic rings. The number of aliphatic hydroxyl groups excluding tert-OH is 1. The van der Waals surface area contributed by atoms with Crippen LogP contribution >= 0.6 is 0 Å². The van der Waals surface area contributed by atoms with Crippen molar-refractivity contribution in [2.75, 3.05) is 20.6 Å². The zero-order valence-corrected chi connectivity index (χ0v) is 11.6. The molecule has 1 fully saturated rings. The van der Waals surface area contributed by atoms with Crippen LogP contribution in [-0.2, 0) is 11.8 Å². The van der Waals surface area contributed by atoms with Crippen molar-refractivity contribution < 1.29 is 28.3 Å². The predicted molar refractivity (Wildman–Crippen MR) is 82.5 cm³/mol. The van der Waals surface area contributed by atoms with Gasteiger partial charge in [-0.1, -0.05) is 18.2 Å². The molecule has 5 rings (SSSR count). The Bertz CT molecular complexity index is 1060. The van der Waals surface area contributed by atoms with E-state index in [0.29, 0.717) is 0 Å². The lowest BCUT2D eigenvalue weighted by Gasteiger charge is -2.56. The van der Waals surface area contributed by atoms with Crippen LogP contribution in [0, 0.1) is 5.92 Å². The first-order chi connectivity index (χ1) is 15.1. The summed E-state index contributed by atoms with van der Waals surface area (Å²) in [5, 5.41) is 4.78. The predicted octanol–water partition coefficient (Wildman–Crippen LogP) is 1.50. The van der Waals surface area contributed by atoms with Crippen molar-refractivity contribution in [2.45, 2.75) is 36.4 Å². The molecule has 4 aliphatic rings. The molecule has 1 saturated heterocycles. The van der Waals surface area contributed by atoms with Crippen LogP contribution in [0.4, 0.5) is 0 Å². The normalized spacial score (nSPS) is 58.5. The van der Waals surface area contributed by atoms with Crippen molar-refractivity contribution in [3.05, 3.63) is 35.4 Å². The molecule has 0 radical (unpaired) electrons. The maximum atomic E-state index is 9.33. The van der Waals surface area contributed by atoms with Crippen molar-refractivity contribution in [3.63, 3.8) is 0 Å². The van der Waals surface area contributed by atoms with E-state index in [9.17, 15) is 2.74 Å². The fourth-order valence-corrected chi connectivity index (χ4v) is 4.29. The molecule has 4 heteroatoms. The summed E-state index contributed by atoms with van der Waals surface area (Å²) >= 11 is 0. The van der Waals surface area contributed by atoms with Gasteiger partial charge in [0, 0.05) is 31.1 Å². The van der Waals surface area contributed by atoms with E-state index in [1.165, 1.54) is 24.3 Å². The molecule has 4 nitrogen and oxygen atoms in total. The third-order valence-corrected chi connectivity index (χ3v) is 5.17. The van der Waals surface area contributed by atoms with Gasteiger partial charge in [0.15, 0.2) is 11.5 Å². The Labute approximate surface area is 145 Å². The SMILES string of the molecule is [2H]OC1C=C[C@@H]2[C@@]34CCN(C([2H])([2H])[2H])[C@]2([2H])C([2H])([2H])c2ccc(OC([2H])([2H])[2H])c(c23)OC14[2H]. The minimum atomic E-state index is -2.85. The van der Waals surface area contributed by atoms with Gasteiger partial charge in [0.25, 0.3) is 0 Å². The Morgan fingerprint density at radius 2 is 2.59 bits per heavy atom. The van der Waals surface area contributed by atoms with Crippen molar-refractivity contribution >= 4 is 0 Å². The summed E-state index contributed by atoms with van der Waals surface area (Å²) in [5.41, 5.74) is -1.36. The number of nitrogens with zero attached hydrogens (tertiary/aromatic N) is 1. The number of ether oxygens (including phenoxy) is 2. The molecular weight excluding hydrogens is 278 g/mol. The van der Waals surface area contributed by atoms with E-state index in [1.807, 2.05) is 0 Å². The first kappa shape index (κ1) is 6.17. The highest BCUT2D eigenvalue weighted by atomic mass is 16.5. The second-order valence-electron chi connectivity index (χ2n) is 6.05. The van der Waals surface area contributed by atoms with Gasteiger partial charge in [0.2, 0.25) is 1.43 Å². The van der Waals surface area contributed by atoms with E-state index in [1.54, 1.807) is 0 Å². The summed E-state index contributed by atoms with van der Waals surface area (Å²) in [7, 11) is -2.85. The summed E-state index contributed by atoms with van der Waals surface area (Å²) in [4.78, 5) is 0.844. The molecule has 0 aromatic heterocycles. The van der Waals surface area contributed by atoms with Crippen LogP contribution in [0.1, 0.15) is 31.3 Å². The van der Waals surface area contributed by atoms with Crippen LogP contribution in [0.25, 0.3) is 0 Å². The summed E-state index contributed by atoms with van der Waals surface area (Å²) in [6, 6.07) is 0.115. The Kier molecular flexibility index (Phi) is 1.14. The fourth-order valence-electron chi connectivity index (χ4n) is 4.29. The second-order valence-corrected chi connectivity index (χ2v) is 6.05. The Balaban J connectivity index is 1.87. The van der Waals surface area contributed by atoms with E-state index < -0.39 is 49.9 Å². The molecule has 2 bridgehead atoms. The average Bonchev–Trinajstić information content (AvgIpc) is 2.94. The lowest BCUT2D eigenvalue weighted by molar-refractivity contribution is -0.0453. The smallest absolute Gasteiger partial charge is 0.211 e. The highest BCUT2D eigenvalue weighted by molar-refractivity contribution is 5.62. The lowest BCUT2D eigenvalue weighted by atomic mass is 9.53. The van der Waals surface area contributed by atoms with Gasteiger partial charge < -0.3 is 19.5 Å². The minimum absolute atomic E-state index is 0.0162. The number of likely N-dealkylation sites (tertiary alicyclic amines) is 1. The number of benzene rings is 1. The number of piperidine rings is 1. The number of hydrogen-bond donors (Lipinski definition) is 1. The molecule has 1 aromatic carbocycles. The van der Waals surface area contributed by atoms with Gasteiger partial charge in [0.1, 0.15) is 12.2 Å². The first-order valence-corrected chi connectivity index (χ1v) is 7.20. The van der Waals surface area contributed by atoms with Crippen molar-refractivity contribution in [2.24, 2.45) is 5.92 Å². The number of rotatable bonds is 2. The van der Waals surface area contributed by atoms with Gasteiger partial charge in [-0.2, -0.15) is 0 Å². The second kappa shape index (κ2) is 4.06. The summed E-state index contributed by atoms with van der Waals surface area (Å²) in [6.45, 7) is -3.04. The van der Waals surface area contributed by atoms with Crippen molar-refractivity contribution in [3.8, 4) is 11.5 Å². The molecule has 116 valence electrons. The first-order valence-electron chi connectivity index (χ1n) is 12.6. The van der Waals surface area contributed by atoms with Gasteiger partial charge in [-0.15, -0.1) is 0 Å². The molecule has 0 saturated carbocycles. The number of aliphatic hydroxyl groups is 1. The third kappa shape index (κ3) is 1.28. The molecule has 2 unspecified atom stereocenters. The molecule has 22 heavy (non-hydrogen) atoms. The fraction of sp³-hybridized carbons (Fsp3) is 0.556. The molecule has 2 aliphatic heterocycles. The monoisotopic (exact) mass is 310 g/mol. The van der Waals surface area contributed by atoms with Crippen LogP contribution in [0.5, 0.6) is 11.5 Å². The highest BCUT2D eigenvalue weighted by Crippen LogP contribution is 2.62. The van der Waals surface area contributed by atoms with E-state index in [-0.39, 0.29) is 35.6 Å². The molecule has 1 spiro atoms. The Morgan fingerprint density at radius 3 is 3.45 bits per heavy atom. The average molecular weight is 310 g/mol. The zero-order valence-electron chi connectivity index (χ0n) is 22.6. The molecule has 2 heterocycles. The minimum Gasteiger partial charge on any atom is -0.493 e. The highest BCUT2D eigenvalue weighted by Gasteiger charge is 2.64. The van der Waals surface area contributed by atoms with Gasteiger partial charge in [-0.3, -0.25) is 0 Å². The van der Waals surface area contributed by atoms with Gasteiger partial charge in [-0.25, -0.2) is 0 Å². The largest absolute Gasteiger partial charge is 0.493 e. The summed E-state index contributed by atoms with van der Waals surface area (Å²) in [5.74, 6) is -1.55. The molecule has 0 amide bonds. The molecular formula is C18H21NO3. The maximum absolute atomic E-state index is 9.33. The molecule has 5 atom stereocenters. The summed E-state index contributed by atoms with van der Waals surface area (Å²) in [6.07, 6.45) is -3.16. The van der Waals surface area contributed by atoms with Gasteiger partial charge in [-0.05, 0) is 37.9 Å². The quantitative estimate of drug-likeness (QED) is 0.841. The third-order valence-electron chi connectivity index (χ3n) is 5.17. The van der Waals surface area contributed by atoms with Crippen LogP contribution < -0.4 is 9.47 Å². The van der Waals surface area contributed by atoms with Crippen LogP contribution in [0.3, 0.4) is 0 Å². The van der Waals surface area contributed by atoms with E-state index in [4.69, 9.17) is 27.0 Å². The number of methoxy groups -OCH3 is 1. The summed E-state index contributed by atoms with van der Waals surface area (Å²) < 4.78 is 102. The van der Waals surface area contributed by atoms with Crippen LogP contribution in [0.15, 0.2) is 24.3 Å². The number of hydrogen-bond acceptors (Lipinski definition) is 4. The zero-order chi connectivity index (χ0) is 24.4. The standard InChI is InChI=1S/C18H21NO3/c1-19-8-7-18-11-4-5-13(20)17(18)22-16-14(21-2)6-3-10(15(16)18)9-12(11)19/h3-6,11-13,17,20H,7-9H2,1-2H3/t11-,12+,13?,17?,18-/m0/s1/i1D3,2D3,9D2,12D,17D,20D. The van der Waals surface area contributed by atoms with E-state index in [2.05, 4.69) is 0 Å². The van der Waals surface area contributed by atoms with Crippen molar-refractivity contribution in [1.29, 1.82) is 1.43 Å². The van der Waals surface area contributed by atoms with Gasteiger partial charge >= 0.3 is 0 Å². The molecule has 1 N–H and O–H groups in total. The number of likely N-dealkylation sites (N-methyl/N-ethyl adjacent to an activating group) is 1. The lowest BCUT2D eigenvalue weighted by Crippen LogP contribution is -2.64. The Morgan fingerprint density at radius 1 is 1.59 bits per heavy atom. The van der Waals surface area contributed by atoms with E-state index >= 15 is 0 Å². The topological polar surface area (TPSA) is 41.9 Å². The van der Waals surface area contributed by atoms with Crippen LogP contribution in [0.2, 0.25) is 0 Å². The van der Waals surface area contributed by atoms with Crippen molar-refractivity contribution in [1.82, 2.24) is 4.90 Å². The van der Waals surface area contributed by atoms with Crippen LogP contribution in [-0.4, -0.2) is 50.2 Å². The van der Waals surface area contributed by atoms with Gasteiger partial charge in [0.05, 0.1) is 12.5 Å². The molecule has 2 aliphatic carbocycles. The Hall–Kier alpha value is -1.52.